The van der Waals surface area contributed by atoms with Crippen molar-refractivity contribution >= 4 is 0 Å². The third kappa shape index (κ3) is 2.64. The Labute approximate surface area is 102 Å². The maximum atomic E-state index is 4.40. The highest BCUT2D eigenvalue weighted by atomic mass is 15.1. The van der Waals surface area contributed by atoms with Crippen LogP contribution >= 0.6 is 0 Å². The Balaban J connectivity index is 1.60. The molecule has 1 saturated heterocycles. The minimum Gasteiger partial charge on any atom is -0.317 e. The molecule has 2 aliphatic heterocycles. The first kappa shape index (κ1) is 11.1. The van der Waals surface area contributed by atoms with Gasteiger partial charge in [0.05, 0.1) is 5.69 Å². The van der Waals surface area contributed by atoms with Crippen LogP contribution in [-0.2, 0) is 13.0 Å². The van der Waals surface area contributed by atoms with Crippen molar-refractivity contribution in [3.05, 3.63) is 23.8 Å². The highest BCUT2D eigenvalue weighted by Crippen LogP contribution is 2.19. The Kier molecular flexibility index (Phi) is 3.34. The first-order valence-electron chi connectivity index (χ1n) is 6.62. The first-order valence-corrected chi connectivity index (χ1v) is 6.62. The Bertz CT molecular complexity index is 373. The molecule has 1 aromatic rings. The molecule has 3 heterocycles. The summed E-state index contributed by atoms with van der Waals surface area (Å²) in [6.45, 7) is 5.81. The standard InChI is InChI=1S/C13H20N4/c1-4-14-5-2-11(1)8-17-6-3-12-7-15-10-16-13(12)9-17/h7,10-11,14H,1-6,8-9H2. The van der Waals surface area contributed by atoms with E-state index in [1.54, 1.807) is 6.33 Å². The van der Waals surface area contributed by atoms with Gasteiger partial charge in [-0.15, -0.1) is 0 Å². The zero-order valence-electron chi connectivity index (χ0n) is 10.2. The van der Waals surface area contributed by atoms with Crippen LogP contribution in [0, 0.1) is 5.92 Å². The fourth-order valence-electron chi connectivity index (χ4n) is 2.89. The van der Waals surface area contributed by atoms with E-state index in [9.17, 15) is 0 Å². The zero-order valence-corrected chi connectivity index (χ0v) is 10.2. The number of rotatable bonds is 2. The monoisotopic (exact) mass is 232 g/mol. The van der Waals surface area contributed by atoms with Gasteiger partial charge in [0.25, 0.3) is 0 Å². The van der Waals surface area contributed by atoms with Crippen molar-refractivity contribution in [2.75, 3.05) is 26.2 Å². The maximum absolute atomic E-state index is 4.40. The van der Waals surface area contributed by atoms with E-state index < -0.39 is 0 Å². The second-order valence-electron chi connectivity index (χ2n) is 5.17. The van der Waals surface area contributed by atoms with E-state index in [0.29, 0.717) is 0 Å². The molecule has 0 aliphatic carbocycles. The lowest BCUT2D eigenvalue weighted by molar-refractivity contribution is 0.189. The molecule has 1 N–H and O–H groups in total. The van der Waals surface area contributed by atoms with Crippen molar-refractivity contribution in [3.63, 3.8) is 0 Å². The van der Waals surface area contributed by atoms with Crippen LogP contribution in [0.1, 0.15) is 24.1 Å². The molecule has 0 saturated carbocycles. The number of hydrogen-bond acceptors (Lipinski definition) is 4. The molecule has 0 bridgehead atoms. The van der Waals surface area contributed by atoms with Crippen molar-refractivity contribution in [1.82, 2.24) is 20.2 Å². The Morgan fingerprint density at radius 2 is 2.24 bits per heavy atom. The van der Waals surface area contributed by atoms with Crippen LogP contribution < -0.4 is 5.32 Å². The smallest absolute Gasteiger partial charge is 0.115 e. The van der Waals surface area contributed by atoms with E-state index in [1.165, 1.54) is 50.3 Å². The van der Waals surface area contributed by atoms with Crippen molar-refractivity contribution < 1.29 is 0 Å². The van der Waals surface area contributed by atoms with Crippen LogP contribution in [-0.4, -0.2) is 41.0 Å². The molecule has 3 rings (SSSR count). The molecule has 0 spiro atoms. The number of nitrogens with one attached hydrogen (secondary N) is 1. The summed E-state index contributed by atoms with van der Waals surface area (Å²) in [4.78, 5) is 11.1. The zero-order chi connectivity index (χ0) is 11.5. The third-order valence-electron chi connectivity index (χ3n) is 3.93. The van der Waals surface area contributed by atoms with Crippen LogP contribution in [0.25, 0.3) is 0 Å². The van der Waals surface area contributed by atoms with Gasteiger partial charge >= 0.3 is 0 Å². The van der Waals surface area contributed by atoms with E-state index >= 15 is 0 Å². The van der Waals surface area contributed by atoms with Gasteiger partial charge in [0.2, 0.25) is 0 Å². The van der Waals surface area contributed by atoms with E-state index in [0.717, 1.165) is 18.9 Å². The summed E-state index contributed by atoms with van der Waals surface area (Å²) in [7, 11) is 0. The molecule has 17 heavy (non-hydrogen) atoms. The molecule has 92 valence electrons. The molecule has 0 aromatic carbocycles. The average Bonchev–Trinajstić information content (AvgIpc) is 2.40. The fourth-order valence-corrected chi connectivity index (χ4v) is 2.89. The minimum atomic E-state index is 0.875. The van der Waals surface area contributed by atoms with Crippen molar-refractivity contribution in [1.29, 1.82) is 0 Å². The van der Waals surface area contributed by atoms with Gasteiger partial charge in [0, 0.05) is 25.8 Å². The molecule has 2 aliphatic rings. The minimum absolute atomic E-state index is 0.875. The quantitative estimate of drug-likeness (QED) is 0.820. The lowest BCUT2D eigenvalue weighted by atomic mass is 9.96. The number of fused-ring (bicyclic) bond motifs is 1. The van der Waals surface area contributed by atoms with Gasteiger partial charge in [0.1, 0.15) is 6.33 Å². The topological polar surface area (TPSA) is 41.1 Å². The number of nitrogens with zero attached hydrogens (tertiary/aromatic N) is 3. The summed E-state index contributed by atoms with van der Waals surface area (Å²) < 4.78 is 0. The maximum Gasteiger partial charge on any atom is 0.115 e. The van der Waals surface area contributed by atoms with Gasteiger partial charge in [0.15, 0.2) is 0 Å². The Morgan fingerprint density at radius 3 is 3.12 bits per heavy atom. The van der Waals surface area contributed by atoms with Crippen molar-refractivity contribution in [2.45, 2.75) is 25.8 Å². The highest BCUT2D eigenvalue weighted by Gasteiger charge is 2.21. The average molecular weight is 232 g/mol. The first-order chi connectivity index (χ1) is 8.42. The Morgan fingerprint density at radius 1 is 1.35 bits per heavy atom. The van der Waals surface area contributed by atoms with E-state index in [1.807, 2.05) is 6.20 Å². The van der Waals surface area contributed by atoms with Gasteiger partial charge < -0.3 is 5.32 Å². The van der Waals surface area contributed by atoms with Crippen LogP contribution in [0.5, 0.6) is 0 Å². The lowest BCUT2D eigenvalue weighted by Gasteiger charge is -2.32. The predicted octanol–water partition coefficient (Wildman–Crippen LogP) is 0.834. The van der Waals surface area contributed by atoms with Crippen LogP contribution in [0.15, 0.2) is 12.5 Å². The normalized spacial score (nSPS) is 22.4. The SMILES string of the molecule is c1ncc2c(n1)CN(CC1CCNCC1)CC2. The molecular formula is C13H20N4. The van der Waals surface area contributed by atoms with Gasteiger partial charge in [-0.25, -0.2) is 9.97 Å². The molecular weight excluding hydrogens is 212 g/mol. The Hall–Kier alpha value is -1.00. The molecule has 4 heteroatoms. The van der Waals surface area contributed by atoms with Gasteiger partial charge in [-0.3, -0.25) is 4.90 Å². The van der Waals surface area contributed by atoms with Crippen LogP contribution in [0.4, 0.5) is 0 Å². The molecule has 1 fully saturated rings. The largest absolute Gasteiger partial charge is 0.317 e. The summed E-state index contributed by atoms with van der Waals surface area (Å²) >= 11 is 0. The van der Waals surface area contributed by atoms with Gasteiger partial charge in [-0.05, 0) is 43.8 Å². The summed E-state index contributed by atoms with van der Waals surface area (Å²) in [6.07, 6.45) is 7.42. The van der Waals surface area contributed by atoms with Crippen molar-refractivity contribution in [3.8, 4) is 0 Å². The van der Waals surface area contributed by atoms with E-state index in [4.69, 9.17) is 0 Å². The summed E-state index contributed by atoms with van der Waals surface area (Å²) in [5.41, 5.74) is 2.58. The van der Waals surface area contributed by atoms with Crippen LogP contribution in [0.2, 0.25) is 0 Å². The summed E-state index contributed by atoms with van der Waals surface area (Å²) in [5.74, 6) is 0.875. The van der Waals surface area contributed by atoms with E-state index in [2.05, 4.69) is 20.2 Å². The molecule has 4 nitrogen and oxygen atoms in total. The molecule has 0 unspecified atom stereocenters. The summed E-state index contributed by atoms with van der Waals surface area (Å²) in [5, 5.41) is 3.43. The second-order valence-corrected chi connectivity index (χ2v) is 5.17. The third-order valence-corrected chi connectivity index (χ3v) is 3.93. The van der Waals surface area contributed by atoms with Crippen LogP contribution in [0.3, 0.4) is 0 Å². The molecule has 0 amide bonds. The van der Waals surface area contributed by atoms with Crippen molar-refractivity contribution in [2.24, 2.45) is 5.92 Å². The lowest BCUT2D eigenvalue weighted by Crippen LogP contribution is -2.38. The van der Waals surface area contributed by atoms with Gasteiger partial charge in [-0.1, -0.05) is 0 Å². The summed E-state index contributed by atoms with van der Waals surface area (Å²) in [6, 6.07) is 0. The van der Waals surface area contributed by atoms with E-state index in [-0.39, 0.29) is 0 Å². The fraction of sp³-hybridized carbons (Fsp3) is 0.692. The van der Waals surface area contributed by atoms with Gasteiger partial charge in [-0.2, -0.15) is 0 Å². The number of piperidine rings is 1. The second kappa shape index (κ2) is 5.10. The highest BCUT2D eigenvalue weighted by molar-refractivity contribution is 5.18. The molecule has 1 aromatic heterocycles. The molecule has 0 radical (unpaired) electrons. The predicted molar refractivity (Wildman–Crippen MR) is 66.6 cm³/mol. The number of aromatic nitrogens is 2. The molecule has 0 atom stereocenters. The number of hydrogen-bond donors (Lipinski definition) is 1.